The molecule has 6 nitrogen and oxygen atoms in total. The van der Waals surface area contributed by atoms with Crippen molar-refractivity contribution in [2.45, 2.75) is 19.8 Å². The Morgan fingerprint density at radius 3 is 2.58 bits per heavy atom. The number of primary amides is 1. The van der Waals surface area contributed by atoms with Crippen LogP contribution in [0.25, 0.3) is 0 Å². The molecule has 2 rings (SSSR count). The number of aryl methyl sites for hydroxylation is 1. The van der Waals surface area contributed by atoms with Gasteiger partial charge in [-0.15, -0.1) is 0 Å². The molecule has 1 aliphatic rings. The van der Waals surface area contributed by atoms with Crippen LogP contribution in [0, 0.1) is 12.8 Å². The van der Waals surface area contributed by atoms with Gasteiger partial charge in [-0.2, -0.15) is 0 Å². The predicted octanol–water partition coefficient (Wildman–Crippen LogP) is 0.310. The third-order valence-corrected chi connectivity index (χ3v) is 3.52. The smallest absolute Gasteiger partial charge is 0.255 e. The molecule has 102 valence electrons. The first-order chi connectivity index (χ1) is 8.99. The molecule has 6 heteroatoms. The highest BCUT2D eigenvalue weighted by atomic mass is 16.2. The fraction of sp³-hybridized carbons (Fsp3) is 0.462. The van der Waals surface area contributed by atoms with Crippen LogP contribution in [0.15, 0.2) is 12.3 Å². The zero-order valence-electron chi connectivity index (χ0n) is 10.9. The molecule has 0 spiro atoms. The van der Waals surface area contributed by atoms with Crippen molar-refractivity contribution in [3.8, 4) is 0 Å². The number of hydrogen-bond acceptors (Lipinski definition) is 4. The van der Waals surface area contributed by atoms with Crippen molar-refractivity contribution < 1.29 is 9.59 Å². The topological polar surface area (TPSA) is 102 Å². The summed E-state index contributed by atoms with van der Waals surface area (Å²) in [6.07, 6.45) is 2.77. The second-order valence-corrected chi connectivity index (χ2v) is 4.87. The zero-order chi connectivity index (χ0) is 14.0. The van der Waals surface area contributed by atoms with E-state index >= 15 is 0 Å². The lowest BCUT2D eigenvalue weighted by Crippen LogP contribution is -2.42. The van der Waals surface area contributed by atoms with Crippen LogP contribution >= 0.6 is 0 Å². The van der Waals surface area contributed by atoms with Crippen LogP contribution in [0.5, 0.6) is 0 Å². The van der Waals surface area contributed by atoms with E-state index in [9.17, 15) is 9.59 Å². The van der Waals surface area contributed by atoms with Gasteiger partial charge in [-0.3, -0.25) is 14.6 Å². The molecule has 2 amide bonds. The molecule has 0 bridgehead atoms. The molecule has 1 fully saturated rings. The number of carbonyl (C=O) groups excluding carboxylic acids is 2. The number of hydrogen-bond donors (Lipinski definition) is 2. The summed E-state index contributed by atoms with van der Waals surface area (Å²) in [5.74, 6) is -0.488. The molecule has 4 N–H and O–H groups in total. The summed E-state index contributed by atoms with van der Waals surface area (Å²) in [6, 6.07) is 1.64. The Labute approximate surface area is 111 Å². The number of anilines is 1. The van der Waals surface area contributed by atoms with Gasteiger partial charge in [-0.1, -0.05) is 0 Å². The summed E-state index contributed by atoms with van der Waals surface area (Å²) in [4.78, 5) is 29.3. The molecular weight excluding hydrogens is 244 g/mol. The van der Waals surface area contributed by atoms with E-state index in [0.29, 0.717) is 42.9 Å². The molecule has 0 aliphatic carbocycles. The van der Waals surface area contributed by atoms with Crippen LogP contribution < -0.4 is 11.5 Å². The standard InChI is InChI=1S/C13H18N4O2/c1-8-11(6-10(14)7-16-8)13(19)17-4-2-9(3-5-17)12(15)18/h6-7,9H,2-5,14H2,1H3,(H2,15,18). The second-order valence-electron chi connectivity index (χ2n) is 4.87. The number of amides is 2. The number of nitrogens with two attached hydrogens (primary N) is 2. The number of aromatic nitrogens is 1. The molecule has 1 aliphatic heterocycles. The lowest BCUT2D eigenvalue weighted by molar-refractivity contribution is -0.123. The highest BCUT2D eigenvalue weighted by Gasteiger charge is 2.27. The van der Waals surface area contributed by atoms with E-state index in [4.69, 9.17) is 11.5 Å². The number of likely N-dealkylation sites (tertiary alicyclic amines) is 1. The fourth-order valence-corrected chi connectivity index (χ4v) is 2.30. The quantitative estimate of drug-likeness (QED) is 0.800. The third-order valence-electron chi connectivity index (χ3n) is 3.52. The minimum atomic E-state index is -0.283. The first-order valence-electron chi connectivity index (χ1n) is 6.29. The van der Waals surface area contributed by atoms with Gasteiger partial charge in [-0.25, -0.2) is 0 Å². The van der Waals surface area contributed by atoms with Crippen LogP contribution in [0.3, 0.4) is 0 Å². The Morgan fingerprint density at radius 1 is 1.37 bits per heavy atom. The summed E-state index contributed by atoms with van der Waals surface area (Å²) < 4.78 is 0. The number of nitrogens with zero attached hydrogens (tertiary/aromatic N) is 2. The number of nitrogen functional groups attached to an aromatic ring is 1. The predicted molar refractivity (Wildman–Crippen MR) is 71.2 cm³/mol. The van der Waals surface area contributed by atoms with Gasteiger partial charge in [-0.05, 0) is 25.8 Å². The van der Waals surface area contributed by atoms with Gasteiger partial charge in [0.25, 0.3) is 5.91 Å². The van der Waals surface area contributed by atoms with Gasteiger partial charge >= 0.3 is 0 Å². The molecule has 19 heavy (non-hydrogen) atoms. The maximum absolute atomic E-state index is 12.4. The first kappa shape index (κ1) is 13.3. The van der Waals surface area contributed by atoms with Crippen LogP contribution in [-0.2, 0) is 4.79 Å². The van der Waals surface area contributed by atoms with Gasteiger partial charge in [0.05, 0.1) is 23.1 Å². The molecule has 1 aromatic rings. The fourth-order valence-electron chi connectivity index (χ4n) is 2.30. The van der Waals surface area contributed by atoms with Crippen molar-refractivity contribution in [1.82, 2.24) is 9.88 Å². The molecule has 0 atom stereocenters. The number of piperidine rings is 1. The molecule has 0 saturated carbocycles. The summed E-state index contributed by atoms with van der Waals surface area (Å²) in [6.45, 7) is 2.87. The normalized spacial score (nSPS) is 16.4. The molecule has 1 aromatic heterocycles. The number of rotatable bonds is 2. The molecular formula is C13H18N4O2. The van der Waals surface area contributed by atoms with Gasteiger partial charge in [0, 0.05) is 19.0 Å². The largest absolute Gasteiger partial charge is 0.397 e. The highest BCUT2D eigenvalue weighted by molar-refractivity contribution is 5.96. The average Bonchev–Trinajstić information content (AvgIpc) is 2.41. The lowest BCUT2D eigenvalue weighted by Gasteiger charge is -2.30. The summed E-state index contributed by atoms with van der Waals surface area (Å²) in [5, 5.41) is 0. The number of pyridine rings is 1. The summed E-state index contributed by atoms with van der Waals surface area (Å²) in [7, 11) is 0. The van der Waals surface area contributed by atoms with E-state index in [0.717, 1.165) is 0 Å². The van der Waals surface area contributed by atoms with Crippen molar-refractivity contribution in [2.75, 3.05) is 18.8 Å². The van der Waals surface area contributed by atoms with E-state index in [1.807, 2.05) is 0 Å². The van der Waals surface area contributed by atoms with Gasteiger partial charge in [0.1, 0.15) is 0 Å². The monoisotopic (exact) mass is 262 g/mol. The van der Waals surface area contributed by atoms with Gasteiger partial charge < -0.3 is 16.4 Å². The molecule has 0 radical (unpaired) electrons. The number of carbonyl (C=O) groups is 2. The maximum Gasteiger partial charge on any atom is 0.255 e. The minimum absolute atomic E-state index is 0.0831. The van der Waals surface area contributed by atoms with Crippen molar-refractivity contribution in [3.63, 3.8) is 0 Å². The average molecular weight is 262 g/mol. The molecule has 2 heterocycles. The molecule has 0 unspecified atom stereocenters. The van der Waals surface area contributed by atoms with E-state index < -0.39 is 0 Å². The Bertz CT molecular complexity index is 507. The Balaban J connectivity index is 2.09. The van der Waals surface area contributed by atoms with Crippen molar-refractivity contribution in [3.05, 3.63) is 23.5 Å². The minimum Gasteiger partial charge on any atom is -0.397 e. The van der Waals surface area contributed by atoms with Gasteiger partial charge in [0.15, 0.2) is 0 Å². The maximum atomic E-state index is 12.4. The van der Waals surface area contributed by atoms with Crippen molar-refractivity contribution in [2.24, 2.45) is 11.7 Å². The van der Waals surface area contributed by atoms with Gasteiger partial charge in [0.2, 0.25) is 5.91 Å². The second kappa shape index (κ2) is 5.26. The van der Waals surface area contributed by atoms with Crippen molar-refractivity contribution in [1.29, 1.82) is 0 Å². The van der Waals surface area contributed by atoms with Crippen LogP contribution in [-0.4, -0.2) is 34.8 Å². The lowest BCUT2D eigenvalue weighted by atomic mass is 9.96. The summed E-state index contributed by atoms with van der Waals surface area (Å²) >= 11 is 0. The van der Waals surface area contributed by atoms with E-state index in [1.165, 1.54) is 6.20 Å². The Morgan fingerprint density at radius 2 is 2.00 bits per heavy atom. The zero-order valence-corrected chi connectivity index (χ0v) is 10.9. The third kappa shape index (κ3) is 2.83. The summed E-state index contributed by atoms with van der Waals surface area (Å²) in [5.41, 5.74) is 12.6. The SMILES string of the molecule is Cc1ncc(N)cc1C(=O)N1CCC(C(N)=O)CC1. The van der Waals surface area contributed by atoms with E-state index in [2.05, 4.69) is 4.98 Å². The Kier molecular flexibility index (Phi) is 3.69. The molecule has 0 aromatic carbocycles. The van der Waals surface area contributed by atoms with Crippen LogP contribution in [0.1, 0.15) is 28.9 Å². The van der Waals surface area contributed by atoms with Crippen LogP contribution in [0.2, 0.25) is 0 Å². The van der Waals surface area contributed by atoms with Crippen LogP contribution in [0.4, 0.5) is 5.69 Å². The first-order valence-corrected chi connectivity index (χ1v) is 6.29. The van der Waals surface area contributed by atoms with Crippen molar-refractivity contribution >= 4 is 17.5 Å². The highest BCUT2D eigenvalue weighted by Crippen LogP contribution is 2.20. The molecule has 1 saturated heterocycles. The van der Waals surface area contributed by atoms with E-state index in [-0.39, 0.29) is 17.7 Å². The van der Waals surface area contributed by atoms with E-state index in [1.54, 1.807) is 17.9 Å². The Hall–Kier alpha value is -2.11.